The first kappa shape index (κ1) is 17.2. The van der Waals surface area contributed by atoms with Crippen LogP contribution in [0.25, 0.3) is 0 Å². The molecule has 7 heteroatoms. The lowest BCUT2D eigenvalue weighted by molar-refractivity contribution is 0.236. The van der Waals surface area contributed by atoms with Crippen molar-refractivity contribution in [2.75, 3.05) is 33.2 Å². The van der Waals surface area contributed by atoms with Crippen molar-refractivity contribution in [2.24, 2.45) is 5.92 Å². The van der Waals surface area contributed by atoms with Gasteiger partial charge < -0.3 is 5.32 Å². The monoisotopic (exact) mass is 311 g/mol. The van der Waals surface area contributed by atoms with Gasteiger partial charge in [0.05, 0.1) is 0 Å². The number of hydrogen-bond acceptors (Lipinski definition) is 3. The molecule has 0 bridgehead atoms. The summed E-state index contributed by atoms with van der Waals surface area (Å²) in [4.78, 5) is 0. The number of piperidine rings is 2. The third-order valence-electron chi connectivity index (χ3n) is 4.13. The Morgan fingerprint density at radius 3 is 2.42 bits per heavy atom. The van der Waals surface area contributed by atoms with Gasteiger partial charge in [-0.1, -0.05) is 6.92 Å². The zero-order valence-corrected chi connectivity index (χ0v) is 13.5. The summed E-state index contributed by atoms with van der Waals surface area (Å²) in [6.07, 6.45) is 3.96. The molecule has 0 aromatic heterocycles. The van der Waals surface area contributed by atoms with Gasteiger partial charge in [0.1, 0.15) is 0 Å². The van der Waals surface area contributed by atoms with Gasteiger partial charge in [-0.2, -0.15) is 17.0 Å². The van der Waals surface area contributed by atoms with Crippen molar-refractivity contribution in [2.45, 2.75) is 38.6 Å². The van der Waals surface area contributed by atoms with Crippen LogP contribution in [0.5, 0.6) is 0 Å². The normalized spacial score (nSPS) is 27.2. The predicted octanol–water partition coefficient (Wildman–Crippen LogP) is 1.07. The third-order valence-corrected chi connectivity index (χ3v) is 6.14. The molecule has 19 heavy (non-hydrogen) atoms. The second-order valence-electron chi connectivity index (χ2n) is 5.61. The molecule has 0 saturated carbocycles. The third kappa shape index (κ3) is 4.04. The van der Waals surface area contributed by atoms with Crippen LogP contribution in [0, 0.1) is 5.92 Å². The highest BCUT2D eigenvalue weighted by atomic mass is 35.5. The molecular weight excluding hydrogens is 286 g/mol. The Morgan fingerprint density at radius 1 is 1.21 bits per heavy atom. The van der Waals surface area contributed by atoms with E-state index in [2.05, 4.69) is 12.2 Å². The van der Waals surface area contributed by atoms with E-state index >= 15 is 0 Å². The van der Waals surface area contributed by atoms with E-state index in [4.69, 9.17) is 0 Å². The van der Waals surface area contributed by atoms with E-state index < -0.39 is 10.2 Å². The Balaban J connectivity index is 0.00000180. The van der Waals surface area contributed by atoms with Gasteiger partial charge in [0.25, 0.3) is 10.2 Å². The molecule has 2 aliphatic heterocycles. The lowest BCUT2D eigenvalue weighted by Crippen LogP contribution is -2.51. The van der Waals surface area contributed by atoms with Crippen LogP contribution in [0.4, 0.5) is 0 Å². The maximum atomic E-state index is 12.6. The van der Waals surface area contributed by atoms with Crippen molar-refractivity contribution in [3.63, 3.8) is 0 Å². The molecule has 2 saturated heterocycles. The minimum absolute atomic E-state index is 0. The van der Waals surface area contributed by atoms with Crippen molar-refractivity contribution in [1.82, 2.24) is 13.9 Å². The zero-order chi connectivity index (χ0) is 13.2. The number of nitrogens with one attached hydrogen (secondary N) is 1. The molecule has 0 aliphatic carbocycles. The van der Waals surface area contributed by atoms with Gasteiger partial charge in [-0.15, -0.1) is 12.4 Å². The molecule has 2 fully saturated rings. The molecule has 1 atom stereocenters. The molecule has 1 unspecified atom stereocenters. The predicted molar refractivity (Wildman–Crippen MR) is 79.8 cm³/mol. The van der Waals surface area contributed by atoms with Gasteiger partial charge in [0, 0.05) is 26.2 Å². The van der Waals surface area contributed by atoms with Crippen LogP contribution in [0.2, 0.25) is 0 Å². The Bertz CT molecular complexity index is 371. The molecule has 114 valence electrons. The van der Waals surface area contributed by atoms with Crippen LogP contribution in [-0.2, 0) is 10.2 Å². The van der Waals surface area contributed by atoms with Crippen molar-refractivity contribution < 1.29 is 8.42 Å². The summed E-state index contributed by atoms with van der Waals surface area (Å²) in [5, 5.41) is 3.27. The molecule has 2 heterocycles. The summed E-state index contributed by atoms with van der Waals surface area (Å²) < 4.78 is 28.4. The topological polar surface area (TPSA) is 52.7 Å². The standard InChI is InChI=1S/C12H25N3O2S.ClH/c1-11-4-3-9-15(10-11)18(16,17)14(2)12-5-7-13-8-6-12;/h11-13H,3-10H2,1-2H3;1H. The van der Waals surface area contributed by atoms with E-state index in [1.165, 1.54) is 0 Å². The molecule has 2 rings (SSSR count). The van der Waals surface area contributed by atoms with Crippen LogP contribution in [0.1, 0.15) is 32.6 Å². The lowest BCUT2D eigenvalue weighted by Gasteiger charge is -2.37. The second-order valence-corrected chi connectivity index (χ2v) is 7.60. The highest BCUT2D eigenvalue weighted by Gasteiger charge is 2.34. The van der Waals surface area contributed by atoms with E-state index in [1.807, 2.05) is 0 Å². The summed E-state index contributed by atoms with van der Waals surface area (Å²) in [7, 11) is -1.52. The first-order chi connectivity index (χ1) is 8.51. The molecule has 0 amide bonds. The van der Waals surface area contributed by atoms with Crippen LogP contribution < -0.4 is 5.32 Å². The van der Waals surface area contributed by atoms with E-state index in [0.29, 0.717) is 19.0 Å². The zero-order valence-electron chi connectivity index (χ0n) is 11.8. The second kappa shape index (κ2) is 7.22. The molecule has 2 aliphatic rings. The lowest BCUT2D eigenvalue weighted by atomic mass is 10.0. The van der Waals surface area contributed by atoms with Crippen LogP contribution in [0.15, 0.2) is 0 Å². The van der Waals surface area contributed by atoms with E-state index in [-0.39, 0.29) is 18.4 Å². The molecule has 0 aromatic carbocycles. The Morgan fingerprint density at radius 2 is 1.84 bits per heavy atom. The minimum Gasteiger partial charge on any atom is -0.317 e. The first-order valence-corrected chi connectivity index (χ1v) is 8.35. The van der Waals surface area contributed by atoms with Crippen LogP contribution >= 0.6 is 12.4 Å². The first-order valence-electron chi connectivity index (χ1n) is 6.95. The van der Waals surface area contributed by atoms with Crippen molar-refractivity contribution >= 4 is 22.6 Å². The highest BCUT2D eigenvalue weighted by Crippen LogP contribution is 2.22. The summed E-state index contributed by atoms with van der Waals surface area (Å²) in [6.45, 7) is 5.33. The maximum Gasteiger partial charge on any atom is 0.281 e. The van der Waals surface area contributed by atoms with Crippen molar-refractivity contribution in [1.29, 1.82) is 0 Å². The van der Waals surface area contributed by atoms with Crippen LogP contribution in [0.3, 0.4) is 0 Å². The fraction of sp³-hybridized carbons (Fsp3) is 1.00. The van der Waals surface area contributed by atoms with E-state index in [0.717, 1.165) is 38.8 Å². The number of halogens is 1. The smallest absolute Gasteiger partial charge is 0.281 e. The Labute approximate surface area is 123 Å². The molecule has 0 spiro atoms. The summed E-state index contributed by atoms with van der Waals surface area (Å²) >= 11 is 0. The molecule has 1 N–H and O–H groups in total. The van der Waals surface area contributed by atoms with Gasteiger partial charge in [-0.25, -0.2) is 0 Å². The van der Waals surface area contributed by atoms with Crippen molar-refractivity contribution in [3.05, 3.63) is 0 Å². The highest BCUT2D eigenvalue weighted by molar-refractivity contribution is 7.86. The number of hydrogen-bond donors (Lipinski definition) is 1. The minimum atomic E-state index is -3.26. The quantitative estimate of drug-likeness (QED) is 0.848. The van der Waals surface area contributed by atoms with Crippen molar-refractivity contribution in [3.8, 4) is 0 Å². The summed E-state index contributed by atoms with van der Waals surface area (Å²) in [5.41, 5.74) is 0. The Kier molecular flexibility index (Phi) is 6.53. The number of rotatable bonds is 3. The molecule has 5 nitrogen and oxygen atoms in total. The van der Waals surface area contributed by atoms with E-state index in [1.54, 1.807) is 15.7 Å². The fourth-order valence-corrected chi connectivity index (χ4v) is 4.65. The summed E-state index contributed by atoms with van der Waals surface area (Å²) in [6, 6.07) is 0.161. The fourth-order valence-electron chi connectivity index (χ4n) is 2.90. The molecular formula is C12H26ClN3O2S. The number of nitrogens with zero attached hydrogens (tertiary/aromatic N) is 2. The van der Waals surface area contributed by atoms with E-state index in [9.17, 15) is 8.42 Å². The van der Waals surface area contributed by atoms with Gasteiger partial charge in [0.2, 0.25) is 0 Å². The Hall–Kier alpha value is 0.120. The summed E-state index contributed by atoms with van der Waals surface area (Å²) in [5.74, 6) is 0.481. The van der Waals surface area contributed by atoms with Gasteiger partial charge >= 0.3 is 0 Å². The van der Waals surface area contributed by atoms with Gasteiger partial charge in [-0.3, -0.25) is 0 Å². The maximum absolute atomic E-state index is 12.6. The van der Waals surface area contributed by atoms with Crippen LogP contribution in [-0.4, -0.2) is 56.3 Å². The SMILES string of the molecule is CC1CCCN(S(=O)(=O)N(C)C2CCNCC2)C1.Cl. The average Bonchev–Trinajstić information content (AvgIpc) is 2.39. The average molecular weight is 312 g/mol. The largest absolute Gasteiger partial charge is 0.317 e. The molecule has 0 radical (unpaired) electrons. The molecule has 0 aromatic rings. The van der Waals surface area contributed by atoms with Gasteiger partial charge in [0.15, 0.2) is 0 Å². The van der Waals surface area contributed by atoms with Gasteiger partial charge in [-0.05, 0) is 44.7 Å².